The summed E-state index contributed by atoms with van der Waals surface area (Å²) in [5.74, 6) is 5.24. The zero-order valence-corrected chi connectivity index (χ0v) is 8.91. The Morgan fingerprint density at radius 2 is 1.21 bits per heavy atom. The molecule has 14 heavy (non-hydrogen) atoms. The molecule has 0 atom stereocenters. The van der Waals surface area contributed by atoms with Crippen LogP contribution < -0.4 is 0 Å². The van der Waals surface area contributed by atoms with E-state index in [9.17, 15) is 0 Å². The highest BCUT2D eigenvalue weighted by atomic mass is 32.1. The maximum atomic E-state index is 5.30. The molecule has 0 N–H and O–H groups in total. The first kappa shape index (κ1) is 9.09. The van der Waals surface area contributed by atoms with Crippen molar-refractivity contribution < 1.29 is 0 Å². The third kappa shape index (κ3) is 1.59. The number of terminal acetylenes is 2. The summed E-state index contributed by atoms with van der Waals surface area (Å²) < 4.78 is 0. The largest absolute Gasteiger partial charge is 0.126 e. The summed E-state index contributed by atoms with van der Waals surface area (Å²) in [7, 11) is 0. The first-order valence-electron chi connectivity index (χ1n) is 3.97. The van der Waals surface area contributed by atoms with E-state index in [2.05, 4.69) is 11.8 Å². The predicted molar refractivity (Wildman–Crippen MR) is 63.5 cm³/mol. The fraction of sp³-hybridized carbons (Fsp3) is 0. The molecular formula is C12H6S2. The third-order valence-corrected chi connectivity index (χ3v) is 3.97. The van der Waals surface area contributed by atoms with Crippen LogP contribution in [0.1, 0.15) is 9.75 Å². The quantitative estimate of drug-likeness (QED) is 0.638. The number of thiophene rings is 2. The Balaban J connectivity index is 2.41. The summed E-state index contributed by atoms with van der Waals surface area (Å²) in [6.45, 7) is 0. The van der Waals surface area contributed by atoms with Gasteiger partial charge in [0.05, 0.1) is 9.75 Å². The van der Waals surface area contributed by atoms with Crippen LogP contribution in [0, 0.1) is 24.7 Å². The van der Waals surface area contributed by atoms with Gasteiger partial charge >= 0.3 is 0 Å². The highest BCUT2D eigenvalue weighted by Crippen LogP contribution is 2.32. The van der Waals surface area contributed by atoms with E-state index in [0.29, 0.717) is 0 Å². The second-order valence-corrected chi connectivity index (χ2v) is 4.78. The lowest BCUT2D eigenvalue weighted by molar-refractivity contribution is 1.89. The molecule has 2 heteroatoms. The van der Waals surface area contributed by atoms with E-state index in [1.807, 2.05) is 24.3 Å². The highest BCUT2D eigenvalue weighted by molar-refractivity contribution is 7.22. The molecule has 66 valence electrons. The van der Waals surface area contributed by atoms with Gasteiger partial charge in [0, 0.05) is 9.75 Å². The van der Waals surface area contributed by atoms with Gasteiger partial charge in [-0.1, -0.05) is 11.8 Å². The predicted octanol–water partition coefficient (Wildman–Crippen LogP) is 3.44. The molecule has 2 rings (SSSR count). The van der Waals surface area contributed by atoms with Crippen LogP contribution in [0.4, 0.5) is 0 Å². The fourth-order valence-electron chi connectivity index (χ4n) is 1.10. The standard InChI is InChI=1S/C12H6S2/c1-3-9-5-7-11(13-9)12-8-6-10(4-2)14-12/h1-2,5-8H. The first-order chi connectivity index (χ1) is 6.83. The summed E-state index contributed by atoms with van der Waals surface area (Å²) in [5, 5.41) is 0. The van der Waals surface area contributed by atoms with Crippen molar-refractivity contribution in [1.29, 1.82) is 0 Å². The van der Waals surface area contributed by atoms with Gasteiger partial charge < -0.3 is 0 Å². The van der Waals surface area contributed by atoms with Crippen LogP contribution in [0.25, 0.3) is 9.75 Å². The van der Waals surface area contributed by atoms with Gasteiger partial charge in [0.15, 0.2) is 0 Å². The van der Waals surface area contributed by atoms with Crippen LogP contribution in [0.15, 0.2) is 24.3 Å². The number of hydrogen-bond donors (Lipinski definition) is 0. The van der Waals surface area contributed by atoms with Crippen molar-refractivity contribution in [3.63, 3.8) is 0 Å². The molecular weight excluding hydrogens is 208 g/mol. The Hall–Kier alpha value is -1.48. The maximum Gasteiger partial charge on any atom is 0.0772 e. The Morgan fingerprint density at radius 1 is 0.786 bits per heavy atom. The monoisotopic (exact) mass is 214 g/mol. The molecule has 0 aliphatic heterocycles. The molecule has 0 bridgehead atoms. The normalized spacial score (nSPS) is 9.29. The fourth-order valence-corrected chi connectivity index (χ4v) is 2.82. The lowest BCUT2D eigenvalue weighted by atomic mass is 10.3. The summed E-state index contributed by atoms with van der Waals surface area (Å²) >= 11 is 3.23. The van der Waals surface area contributed by atoms with Gasteiger partial charge in [-0.25, -0.2) is 0 Å². The number of hydrogen-bond acceptors (Lipinski definition) is 2. The smallest absolute Gasteiger partial charge is 0.0772 e. The second kappa shape index (κ2) is 3.72. The summed E-state index contributed by atoms with van der Waals surface area (Å²) in [6, 6.07) is 7.97. The van der Waals surface area contributed by atoms with Crippen LogP contribution in [-0.4, -0.2) is 0 Å². The summed E-state index contributed by atoms with van der Waals surface area (Å²) in [5.41, 5.74) is 0. The minimum absolute atomic E-state index is 0.954. The van der Waals surface area contributed by atoms with E-state index in [1.54, 1.807) is 22.7 Å². The zero-order valence-electron chi connectivity index (χ0n) is 7.28. The Morgan fingerprint density at radius 3 is 1.50 bits per heavy atom. The molecule has 0 aliphatic rings. The van der Waals surface area contributed by atoms with Crippen molar-refractivity contribution in [2.24, 2.45) is 0 Å². The van der Waals surface area contributed by atoms with E-state index >= 15 is 0 Å². The molecule has 0 spiro atoms. The SMILES string of the molecule is C#Cc1ccc(-c2ccc(C#C)s2)s1. The molecule has 0 aromatic carbocycles. The molecule has 0 nitrogen and oxygen atoms in total. The Kier molecular flexibility index (Phi) is 2.41. The van der Waals surface area contributed by atoms with Crippen LogP contribution in [0.3, 0.4) is 0 Å². The molecule has 0 fully saturated rings. The van der Waals surface area contributed by atoms with Gasteiger partial charge in [-0.2, -0.15) is 0 Å². The minimum atomic E-state index is 0.954. The Bertz CT molecular complexity index is 479. The molecule has 0 radical (unpaired) electrons. The Labute approximate surface area is 91.2 Å². The molecule has 0 amide bonds. The highest BCUT2D eigenvalue weighted by Gasteiger charge is 2.03. The molecule has 2 heterocycles. The van der Waals surface area contributed by atoms with Gasteiger partial charge in [0.2, 0.25) is 0 Å². The van der Waals surface area contributed by atoms with E-state index in [-0.39, 0.29) is 0 Å². The van der Waals surface area contributed by atoms with Crippen molar-refractivity contribution in [2.75, 3.05) is 0 Å². The van der Waals surface area contributed by atoms with Crippen molar-refractivity contribution >= 4 is 22.7 Å². The average Bonchev–Trinajstić information content (AvgIpc) is 2.86. The van der Waals surface area contributed by atoms with Gasteiger partial charge in [0.1, 0.15) is 0 Å². The van der Waals surface area contributed by atoms with Crippen molar-refractivity contribution in [3.8, 4) is 34.4 Å². The molecule has 0 saturated heterocycles. The topological polar surface area (TPSA) is 0 Å². The van der Waals surface area contributed by atoms with Crippen LogP contribution in [0.2, 0.25) is 0 Å². The molecule has 0 unspecified atom stereocenters. The van der Waals surface area contributed by atoms with Crippen molar-refractivity contribution in [2.45, 2.75) is 0 Å². The zero-order chi connectivity index (χ0) is 9.97. The van der Waals surface area contributed by atoms with Gasteiger partial charge in [-0.05, 0) is 24.3 Å². The van der Waals surface area contributed by atoms with Crippen LogP contribution in [0.5, 0.6) is 0 Å². The van der Waals surface area contributed by atoms with E-state index in [4.69, 9.17) is 12.8 Å². The molecule has 0 aliphatic carbocycles. The van der Waals surface area contributed by atoms with Gasteiger partial charge in [0.25, 0.3) is 0 Å². The lowest BCUT2D eigenvalue weighted by Crippen LogP contribution is -1.56. The van der Waals surface area contributed by atoms with E-state index in [1.165, 1.54) is 9.75 Å². The minimum Gasteiger partial charge on any atom is -0.126 e. The molecule has 2 aromatic rings. The maximum absolute atomic E-state index is 5.30. The second-order valence-electron chi connectivity index (χ2n) is 2.62. The van der Waals surface area contributed by atoms with Gasteiger partial charge in [-0.3, -0.25) is 0 Å². The van der Waals surface area contributed by atoms with Crippen LogP contribution in [-0.2, 0) is 0 Å². The third-order valence-electron chi connectivity index (χ3n) is 1.74. The van der Waals surface area contributed by atoms with Crippen LogP contribution >= 0.6 is 22.7 Å². The number of rotatable bonds is 1. The molecule has 2 aromatic heterocycles. The summed E-state index contributed by atoms with van der Waals surface area (Å²) in [4.78, 5) is 4.28. The van der Waals surface area contributed by atoms with Gasteiger partial charge in [-0.15, -0.1) is 35.5 Å². The van der Waals surface area contributed by atoms with E-state index < -0.39 is 0 Å². The van der Waals surface area contributed by atoms with Crippen molar-refractivity contribution in [1.82, 2.24) is 0 Å². The lowest BCUT2D eigenvalue weighted by Gasteiger charge is -1.86. The summed E-state index contributed by atoms with van der Waals surface area (Å²) in [6.07, 6.45) is 10.6. The average molecular weight is 214 g/mol. The van der Waals surface area contributed by atoms with Crippen molar-refractivity contribution in [3.05, 3.63) is 34.0 Å². The van der Waals surface area contributed by atoms with E-state index in [0.717, 1.165) is 9.75 Å². The first-order valence-corrected chi connectivity index (χ1v) is 5.60. The molecule has 0 saturated carbocycles.